The van der Waals surface area contributed by atoms with Crippen LogP contribution < -0.4 is 10.9 Å². The van der Waals surface area contributed by atoms with E-state index in [2.05, 4.69) is 41.7 Å². The number of aromatic hydroxyl groups is 1. The van der Waals surface area contributed by atoms with Crippen LogP contribution in [0.2, 0.25) is 0 Å². The number of aromatic carboxylic acids is 1. The maximum atomic E-state index is 12.3. The number of fused-ring (bicyclic) bond motifs is 5. The van der Waals surface area contributed by atoms with E-state index in [-0.39, 0.29) is 17.9 Å². The molecule has 2 heterocycles. The van der Waals surface area contributed by atoms with Crippen LogP contribution in [0.4, 0.5) is 0 Å². The predicted molar refractivity (Wildman–Crippen MR) is 124 cm³/mol. The highest BCUT2D eigenvalue weighted by atomic mass is 35.5. The largest absolute Gasteiger partial charge is 0.506 e. The third kappa shape index (κ3) is 3.86. The molecule has 0 bridgehead atoms. The zero-order valence-corrected chi connectivity index (χ0v) is 18.7. The van der Waals surface area contributed by atoms with Gasteiger partial charge in [-0.15, -0.1) is 12.4 Å². The van der Waals surface area contributed by atoms with Crippen molar-refractivity contribution >= 4 is 35.4 Å². The highest BCUT2D eigenvalue weighted by Gasteiger charge is 2.25. The van der Waals surface area contributed by atoms with Crippen molar-refractivity contribution in [3.05, 3.63) is 57.0 Å². The molecule has 1 aliphatic carbocycles. The lowest BCUT2D eigenvalue weighted by Crippen LogP contribution is -2.35. The monoisotopic (exact) mass is 443 g/mol. The van der Waals surface area contributed by atoms with Crippen LogP contribution in [0.25, 0.3) is 28.2 Å². The lowest BCUT2D eigenvalue weighted by atomic mass is 9.97. The number of aromatic nitrogens is 2. The minimum atomic E-state index is -1.44. The fourth-order valence-electron chi connectivity index (χ4n) is 3.96. The normalized spacial score (nSPS) is 12.8. The van der Waals surface area contributed by atoms with Crippen LogP contribution in [0.3, 0.4) is 0 Å². The van der Waals surface area contributed by atoms with E-state index in [1.165, 1.54) is 0 Å². The van der Waals surface area contributed by atoms with Crippen LogP contribution in [0.15, 0.2) is 29.1 Å². The Morgan fingerprint density at radius 2 is 2.00 bits per heavy atom. The van der Waals surface area contributed by atoms with E-state index in [0.717, 1.165) is 27.7 Å². The van der Waals surface area contributed by atoms with E-state index >= 15 is 0 Å². The first kappa shape index (κ1) is 22.7. The van der Waals surface area contributed by atoms with Gasteiger partial charge in [0.25, 0.3) is 5.56 Å². The Hall–Kier alpha value is -3.03. The zero-order valence-electron chi connectivity index (χ0n) is 17.9. The van der Waals surface area contributed by atoms with Crippen LogP contribution >= 0.6 is 12.4 Å². The molecule has 0 saturated heterocycles. The molecule has 7 nitrogen and oxygen atoms in total. The molecule has 0 fully saturated rings. The summed E-state index contributed by atoms with van der Waals surface area (Å²) in [7, 11) is 2.02. The van der Waals surface area contributed by atoms with Gasteiger partial charge >= 0.3 is 5.97 Å². The molecule has 2 aromatic heterocycles. The summed E-state index contributed by atoms with van der Waals surface area (Å²) in [6, 6.07) is 6.02. The standard InChI is InChI=1S/C23H25N3O4.ClH/c1-23(2,3)24-11-12-10-16-13-6-5-7-15-19(14(13)8-9-17(16)26(12)4)25-21(28)18(20(15)27)22(29)30;/h5-6,8-10,24H,7,11H2,1-4H3,(H,29,30)(H2,25,27,28);1H. The number of halogens is 1. The van der Waals surface area contributed by atoms with Gasteiger partial charge in [-0.05, 0) is 44.9 Å². The Morgan fingerprint density at radius 3 is 2.65 bits per heavy atom. The molecule has 4 rings (SSSR count). The van der Waals surface area contributed by atoms with Gasteiger partial charge in [0.1, 0.15) is 5.75 Å². The van der Waals surface area contributed by atoms with Crippen molar-refractivity contribution in [3.8, 4) is 17.0 Å². The average molecular weight is 444 g/mol. The molecular formula is C23H26ClN3O4. The zero-order chi connectivity index (χ0) is 21.8. The highest BCUT2D eigenvalue weighted by Crippen LogP contribution is 2.38. The lowest BCUT2D eigenvalue weighted by Gasteiger charge is -2.20. The molecule has 1 aromatic carbocycles. The molecule has 8 heteroatoms. The van der Waals surface area contributed by atoms with E-state index in [4.69, 9.17) is 0 Å². The molecule has 0 aliphatic heterocycles. The third-order valence-corrected chi connectivity index (χ3v) is 5.55. The van der Waals surface area contributed by atoms with Crippen molar-refractivity contribution in [1.29, 1.82) is 0 Å². The van der Waals surface area contributed by atoms with Gasteiger partial charge < -0.3 is 25.1 Å². The number of pyridine rings is 1. The quantitative estimate of drug-likeness (QED) is 0.492. The summed E-state index contributed by atoms with van der Waals surface area (Å²) in [6.45, 7) is 7.07. The third-order valence-electron chi connectivity index (χ3n) is 5.55. The molecule has 4 N–H and O–H groups in total. The maximum Gasteiger partial charge on any atom is 0.345 e. The van der Waals surface area contributed by atoms with Gasteiger partial charge in [0.2, 0.25) is 0 Å². The first-order valence-corrected chi connectivity index (χ1v) is 9.83. The summed E-state index contributed by atoms with van der Waals surface area (Å²) in [5, 5.41) is 24.3. The van der Waals surface area contributed by atoms with E-state index in [1.54, 1.807) is 0 Å². The second-order valence-electron chi connectivity index (χ2n) is 8.70. The van der Waals surface area contributed by atoms with E-state index < -0.39 is 22.8 Å². The number of allylic oxidation sites excluding steroid dienone is 1. The van der Waals surface area contributed by atoms with Crippen molar-refractivity contribution in [3.63, 3.8) is 0 Å². The maximum absolute atomic E-state index is 12.3. The van der Waals surface area contributed by atoms with E-state index in [0.29, 0.717) is 24.2 Å². The first-order chi connectivity index (χ1) is 14.1. The summed E-state index contributed by atoms with van der Waals surface area (Å²) in [5.41, 5.74) is 3.31. The number of hydrogen-bond donors (Lipinski definition) is 4. The Labute approximate surface area is 185 Å². The molecule has 164 valence electrons. The van der Waals surface area contributed by atoms with Gasteiger partial charge in [0.15, 0.2) is 5.56 Å². The minimum Gasteiger partial charge on any atom is -0.506 e. The fourth-order valence-corrected chi connectivity index (χ4v) is 3.96. The molecular weight excluding hydrogens is 418 g/mol. The van der Waals surface area contributed by atoms with Gasteiger partial charge in [0.05, 0.1) is 5.69 Å². The first-order valence-electron chi connectivity index (χ1n) is 9.83. The van der Waals surface area contributed by atoms with Crippen LogP contribution in [-0.4, -0.2) is 31.3 Å². The second kappa shape index (κ2) is 7.90. The number of nitrogens with zero attached hydrogens (tertiary/aromatic N) is 1. The smallest absolute Gasteiger partial charge is 0.345 e. The van der Waals surface area contributed by atoms with Crippen molar-refractivity contribution in [2.75, 3.05) is 0 Å². The highest BCUT2D eigenvalue weighted by molar-refractivity contribution is 5.99. The molecule has 3 aromatic rings. The van der Waals surface area contributed by atoms with Crippen molar-refractivity contribution in [2.24, 2.45) is 7.05 Å². The summed E-state index contributed by atoms with van der Waals surface area (Å²) in [5.74, 6) is -1.92. The van der Waals surface area contributed by atoms with Crippen LogP contribution in [-0.2, 0) is 20.0 Å². The molecule has 0 radical (unpaired) electrons. The number of aryl methyl sites for hydroxylation is 1. The van der Waals surface area contributed by atoms with Gasteiger partial charge in [-0.2, -0.15) is 0 Å². The molecule has 31 heavy (non-hydrogen) atoms. The van der Waals surface area contributed by atoms with Crippen molar-refractivity contribution in [1.82, 2.24) is 14.9 Å². The number of nitrogens with one attached hydrogen (secondary N) is 2. The topological polar surface area (TPSA) is 107 Å². The molecule has 0 atom stereocenters. The van der Waals surface area contributed by atoms with Crippen molar-refractivity contribution < 1.29 is 15.0 Å². The number of aromatic amines is 1. The molecule has 0 saturated carbocycles. The van der Waals surface area contributed by atoms with Gasteiger partial charge in [-0.25, -0.2) is 4.79 Å². The number of benzene rings is 1. The Kier molecular flexibility index (Phi) is 5.78. The summed E-state index contributed by atoms with van der Waals surface area (Å²) in [4.78, 5) is 26.4. The second-order valence-corrected chi connectivity index (χ2v) is 8.70. The van der Waals surface area contributed by atoms with E-state index in [1.807, 2.05) is 31.3 Å². The summed E-state index contributed by atoms with van der Waals surface area (Å²) >= 11 is 0. The van der Waals surface area contributed by atoms with Gasteiger partial charge in [0, 0.05) is 46.9 Å². The summed E-state index contributed by atoms with van der Waals surface area (Å²) < 4.78 is 2.14. The molecule has 0 unspecified atom stereocenters. The minimum absolute atomic E-state index is 0. The Bertz CT molecular complexity index is 1280. The number of carbonyl (C=O) groups is 1. The van der Waals surface area contributed by atoms with Crippen molar-refractivity contribution in [2.45, 2.75) is 39.3 Å². The number of carboxylic acid groups (broad SMARTS) is 1. The number of rotatable bonds is 3. The molecule has 1 aliphatic rings. The predicted octanol–water partition coefficient (Wildman–Crippen LogP) is 3.82. The van der Waals surface area contributed by atoms with Gasteiger partial charge in [-0.3, -0.25) is 4.79 Å². The fraction of sp³-hybridized carbons (Fsp3) is 0.304. The Balaban J connectivity index is 0.00000272. The molecule has 0 spiro atoms. The lowest BCUT2D eigenvalue weighted by molar-refractivity contribution is 0.0691. The number of H-pyrrole nitrogens is 1. The Morgan fingerprint density at radius 1 is 1.29 bits per heavy atom. The van der Waals surface area contributed by atoms with E-state index in [9.17, 15) is 19.8 Å². The van der Waals surface area contributed by atoms with Crippen LogP contribution in [0, 0.1) is 0 Å². The average Bonchev–Trinajstić information content (AvgIpc) is 2.84. The summed E-state index contributed by atoms with van der Waals surface area (Å²) in [6.07, 6.45) is 4.17. The number of hydrogen-bond acceptors (Lipinski definition) is 4. The molecule has 0 amide bonds. The van der Waals surface area contributed by atoms with Crippen LogP contribution in [0.1, 0.15) is 48.0 Å². The number of carboxylic acids is 1. The van der Waals surface area contributed by atoms with Crippen LogP contribution in [0.5, 0.6) is 5.75 Å². The van der Waals surface area contributed by atoms with Gasteiger partial charge in [-0.1, -0.05) is 18.2 Å². The SMILES string of the molecule is Cl.Cn1c(CNC(C)(C)C)cc2c3c(ccc21)-c1[nH]c(=O)c(C(=O)O)c(O)c1CC=C3.